The molecule has 1 N–H and O–H groups in total. The molecule has 1 aliphatic heterocycles. The van der Waals surface area contributed by atoms with Crippen LogP contribution in [0.15, 0.2) is 35.1 Å². The first-order valence-electron chi connectivity index (χ1n) is 8.29. The van der Waals surface area contributed by atoms with Gasteiger partial charge in [0.2, 0.25) is 0 Å². The Morgan fingerprint density at radius 2 is 2.04 bits per heavy atom. The molecule has 1 saturated carbocycles. The van der Waals surface area contributed by atoms with Gasteiger partial charge in [-0.1, -0.05) is 31.0 Å². The maximum Gasteiger partial charge on any atom is 0.261 e. The van der Waals surface area contributed by atoms with Crippen molar-refractivity contribution in [1.82, 2.24) is 9.88 Å². The van der Waals surface area contributed by atoms with Gasteiger partial charge in [0.15, 0.2) is 0 Å². The molecule has 2 atom stereocenters. The van der Waals surface area contributed by atoms with Gasteiger partial charge in [-0.3, -0.25) is 9.59 Å². The zero-order valence-corrected chi connectivity index (χ0v) is 13.0. The van der Waals surface area contributed by atoms with E-state index in [0.717, 1.165) is 36.6 Å². The lowest BCUT2D eigenvalue weighted by atomic mass is 9.89. The molecule has 1 aliphatic carbocycles. The number of fused-ring (bicyclic) bond motifs is 2. The molecule has 2 aliphatic rings. The van der Waals surface area contributed by atoms with Crippen LogP contribution in [0.2, 0.25) is 0 Å². The molecule has 0 spiro atoms. The summed E-state index contributed by atoms with van der Waals surface area (Å²) in [7, 11) is 0. The van der Waals surface area contributed by atoms with Crippen LogP contribution in [-0.2, 0) is 4.74 Å². The normalized spacial score (nSPS) is 24.4. The first-order valence-corrected chi connectivity index (χ1v) is 8.29. The van der Waals surface area contributed by atoms with Crippen molar-refractivity contribution in [1.29, 1.82) is 0 Å². The van der Waals surface area contributed by atoms with E-state index in [2.05, 4.69) is 4.98 Å². The molecular formula is C18H20N2O3. The fourth-order valence-corrected chi connectivity index (χ4v) is 3.81. The second-order valence-electron chi connectivity index (χ2n) is 6.36. The monoisotopic (exact) mass is 312 g/mol. The minimum Gasteiger partial charge on any atom is -0.374 e. The number of hydrogen-bond acceptors (Lipinski definition) is 3. The van der Waals surface area contributed by atoms with Crippen LogP contribution in [-0.4, -0.2) is 41.1 Å². The second kappa shape index (κ2) is 5.81. The SMILES string of the molecule is O=C(c1cc2ccccc2[nH]c1=O)N1CCO[C@H]2CCCC[C@@H]21. The molecule has 2 heterocycles. The number of benzene rings is 1. The molecular weight excluding hydrogens is 292 g/mol. The fourth-order valence-electron chi connectivity index (χ4n) is 3.81. The number of aromatic nitrogens is 1. The van der Waals surface area contributed by atoms with Gasteiger partial charge in [0.05, 0.1) is 18.8 Å². The van der Waals surface area contributed by atoms with Crippen LogP contribution in [0.5, 0.6) is 0 Å². The number of aromatic amines is 1. The molecule has 0 radical (unpaired) electrons. The van der Waals surface area contributed by atoms with E-state index in [0.29, 0.717) is 13.2 Å². The van der Waals surface area contributed by atoms with Gasteiger partial charge in [-0.25, -0.2) is 0 Å². The van der Waals surface area contributed by atoms with Crippen LogP contribution in [0.3, 0.4) is 0 Å². The average Bonchev–Trinajstić information content (AvgIpc) is 2.60. The Hall–Kier alpha value is -2.14. The van der Waals surface area contributed by atoms with E-state index >= 15 is 0 Å². The number of morpholine rings is 1. The van der Waals surface area contributed by atoms with Crippen molar-refractivity contribution in [2.45, 2.75) is 37.8 Å². The molecule has 23 heavy (non-hydrogen) atoms. The molecule has 5 heteroatoms. The largest absolute Gasteiger partial charge is 0.374 e. The average molecular weight is 312 g/mol. The van der Waals surface area contributed by atoms with Crippen LogP contribution in [0.25, 0.3) is 10.9 Å². The number of carbonyl (C=O) groups is 1. The van der Waals surface area contributed by atoms with E-state index in [9.17, 15) is 9.59 Å². The molecule has 4 rings (SSSR count). The number of ether oxygens (including phenoxy) is 1. The summed E-state index contributed by atoms with van der Waals surface area (Å²) in [5, 5.41) is 0.879. The van der Waals surface area contributed by atoms with Gasteiger partial charge in [-0.15, -0.1) is 0 Å². The number of amides is 1. The standard InChI is InChI=1S/C18H20N2O3/c21-17-13(11-12-5-1-2-6-14(12)19-17)18(22)20-9-10-23-16-8-4-3-7-15(16)20/h1-2,5-6,11,15-16H,3-4,7-10H2,(H,19,21)/t15-,16-/m0/s1. The van der Waals surface area contributed by atoms with E-state index in [1.165, 1.54) is 0 Å². The lowest BCUT2D eigenvalue weighted by molar-refractivity contribution is -0.0753. The van der Waals surface area contributed by atoms with Crippen molar-refractivity contribution >= 4 is 16.8 Å². The van der Waals surface area contributed by atoms with Gasteiger partial charge in [0.25, 0.3) is 11.5 Å². The Labute approximate surface area is 134 Å². The zero-order chi connectivity index (χ0) is 15.8. The van der Waals surface area contributed by atoms with Crippen LogP contribution in [0, 0.1) is 0 Å². The molecule has 2 fully saturated rings. The maximum atomic E-state index is 13.0. The lowest BCUT2D eigenvalue weighted by Gasteiger charge is -2.43. The highest BCUT2D eigenvalue weighted by atomic mass is 16.5. The number of carbonyl (C=O) groups excluding carboxylic acids is 1. The highest BCUT2D eigenvalue weighted by molar-refractivity contribution is 5.97. The third-order valence-corrected chi connectivity index (χ3v) is 4.98. The Morgan fingerprint density at radius 3 is 2.96 bits per heavy atom. The summed E-state index contributed by atoms with van der Waals surface area (Å²) in [5.74, 6) is -0.169. The highest BCUT2D eigenvalue weighted by Gasteiger charge is 2.37. The molecule has 120 valence electrons. The van der Waals surface area contributed by atoms with E-state index < -0.39 is 0 Å². The van der Waals surface area contributed by atoms with Crippen molar-refractivity contribution in [2.24, 2.45) is 0 Å². The predicted octanol–water partition coefficient (Wildman–Crippen LogP) is 2.31. The Bertz CT molecular complexity index is 796. The smallest absolute Gasteiger partial charge is 0.261 e. The lowest BCUT2D eigenvalue weighted by Crippen LogP contribution is -2.55. The van der Waals surface area contributed by atoms with Crippen molar-refractivity contribution in [2.75, 3.05) is 13.2 Å². The number of rotatable bonds is 1. The van der Waals surface area contributed by atoms with Gasteiger partial charge in [-0.2, -0.15) is 0 Å². The summed E-state index contributed by atoms with van der Waals surface area (Å²) < 4.78 is 5.82. The summed E-state index contributed by atoms with van der Waals surface area (Å²) >= 11 is 0. The van der Waals surface area contributed by atoms with Crippen LogP contribution in [0.4, 0.5) is 0 Å². The summed E-state index contributed by atoms with van der Waals surface area (Å²) in [6, 6.07) is 9.34. The van der Waals surface area contributed by atoms with Gasteiger partial charge in [0, 0.05) is 12.1 Å². The number of hydrogen-bond donors (Lipinski definition) is 1. The second-order valence-corrected chi connectivity index (χ2v) is 6.36. The van der Waals surface area contributed by atoms with Gasteiger partial charge in [-0.05, 0) is 30.4 Å². The van der Waals surface area contributed by atoms with E-state index in [4.69, 9.17) is 4.74 Å². The minimum atomic E-state index is -0.312. The molecule has 2 aromatic rings. The molecule has 0 unspecified atom stereocenters. The molecule has 1 aromatic carbocycles. The van der Waals surface area contributed by atoms with Crippen LogP contribution >= 0.6 is 0 Å². The minimum absolute atomic E-state index is 0.107. The van der Waals surface area contributed by atoms with E-state index in [1.54, 1.807) is 6.07 Å². The Morgan fingerprint density at radius 1 is 1.22 bits per heavy atom. The number of nitrogens with zero attached hydrogens (tertiary/aromatic N) is 1. The molecule has 1 amide bonds. The summed E-state index contributed by atoms with van der Waals surface area (Å²) in [6.45, 7) is 1.12. The molecule has 1 aromatic heterocycles. The number of nitrogens with one attached hydrogen (secondary N) is 1. The summed E-state index contributed by atoms with van der Waals surface area (Å²) in [6.07, 6.45) is 4.35. The highest BCUT2D eigenvalue weighted by Crippen LogP contribution is 2.29. The quantitative estimate of drug-likeness (QED) is 0.879. The molecule has 0 bridgehead atoms. The van der Waals surface area contributed by atoms with Crippen molar-refractivity contribution in [3.05, 3.63) is 46.2 Å². The van der Waals surface area contributed by atoms with Crippen LogP contribution < -0.4 is 5.56 Å². The molecule has 5 nitrogen and oxygen atoms in total. The van der Waals surface area contributed by atoms with Gasteiger partial charge >= 0.3 is 0 Å². The third-order valence-electron chi connectivity index (χ3n) is 4.98. The fraction of sp³-hybridized carbons (Fsp3) is 0.444. The summed E-state index contributed by atoms with van der Waals surface area (Å²) in [4.78, 5) is 30.0. The summed E-state index contributed by atoms with van der Waals surface area (Å²) in [5.41, 5.74) is 0.675. The topological polar surface area (TPSA) is 62.4 Å². The maximum absolute atomic E-state index is 13.0. The first kappa shape index (κ1) is 14.5. The third kappa shape index (κ3) is 2.55. The van der Waals surface area contributed by atoms with Crippen molar-refractivity contribution in [3.63, 3.8) is 0 Å². The first-order chi connectivity index (χ1) is 11.2. The zero-order valence-electron chi connectivity index (χ0n) is 13.0. The number of pyridine rings is 1. The van der Waals surface area contributed by atoms with E-state index in [1.807, 2.05) is 29.2 Å². The predicted molar refractivity (Wildman–Crippen MR) is 87.6 cm³/mol. The van der Waals surface area contributed by atoms with E-state index in [-0.39, 0.29) is 29.2 Å². The Kier molecular flexibility index (Phi) is 3.65. The number of para-hydroxylation sites is 1. The van der Waals surface area contributed by atoms with Crippen molar-refractivity contribution < 1.29 is 9.53 Å². The van der Waals surface area contributed by atoms with Gasteiger partial charge < -0.3 is 14.6 Å². The Balaban J connectivity index is 1.70. The van der Waals surface area contributed by atoms with Crippen LogP contribution in [0.1, 0.15) is 36.0 Å². The van der Waals surface area contributed by atoms with Gasteiger partial charge in [0.1, 0.15) is 5.56 Å². The number of H-pyrrole nitrogens is 1. The van der Waals surface area contributed by atoms with Crippen molar-refractivity contribution in [3.8, 4) is 0 Å². The molecule has 1 saturated heterocycles.